The molecule has 1 amide bonds. The SMILES string of the molecule is O=C(NCCC1CCOCC1)c1n[nH]c2c1CCC2. The molecule has 0 radical (unpaired) electrons. The van der Waals surface area contributed by atoms with Crippen molar-refractivity contribution in [2.45, 2.75) is 38.5 Å². The Labute approximate surface area is 113 Å². The van der Waals surface area contributed by atoms with E-state index in [9.17, 15) is 4.79 Å². The van der Waals surface area contributed by atoms with Gasteiger partial charge in [-0.1, -0.05) is 0 Å². The summed E-state index contributed by atoms with van der Waals surface area (Å²) in [6.45, 7) is 2.47. The average Bonchev–Trinajstić information content (AvgIpc) is 3.02. The van der Waals surface area contributed by atoms with Crippen LogP contribution in [0.5, 0.6) is 0 Å². The van der Waals surface area contributed by atoms with Crippen LogP contribution in [0.2, 0.25) is 0 Å². The zero-order valence-corrected chi connectivity index (χ0v) is 11.2. The molecule has 1 aromatic heterocycles. The number of rotatable bonds is 4. The molecular formula is C14H21N3O2. The van der Waals surface area contributed by atoms with E-state index in [0.29, 0.717) is 11.6 Å². The van der Waals surface area contributed by atoms with Crippen molar-refractivity contribution in [3.05, 3.63) is 17.0 Å². The van der Waals surface area contributed by atoms with E-state index in [1.807, 2.05) is 0 Å². The molecule has 2 heterocycles. The van der Waals surface area contributed by atoms with Crippen LogP contribution in [0.3, 0.4) is 0 Å². The Bertz CT molecular complexity index is 450. The molecule has 0 bridgehead atoms. The Morgan fingerprint density at radius 3 is 3.05 bits per heavy atom. The zero-order chi connectivity index (χ0) is 13.1. The van der Waals surface area contributed by atoms with Crippen LogP contribution in [-0.2, 0) is 17.6 Å². The summed E-state index contributed by atoms with van der Waals surface area (Å²) in [5.74, 6) is 0.672. The highest BCUT2D eigenvalue weighted by Gasteiger charge is 2.23. The normalized spacial score (nSPS) is 19.4. The van der Waals surface area contributed by atoms with Crippen molar-refractivity contribution >= 4 is 5.91 Å². The molecule has 1 aliphatic carbocycles. The van der Waals surface area contributed by atoms with Crippen molar-refractivity contribution in [2.75, 3.05) is 19.8 Å². The van der Waals surface area contributed by atoms with E-state index in [1.54, 1.807) is 0 Å². The molecule has 1 aromatic rings. The fourth-order valence-electron chi connectivity index (χ4n) is 3.02. The molecule has 5 heteroatoms. The lowest BCUT2D eigenvalue weighted by molar-refractivity contribution is 0.0636. The number of carbonyl (C=O) groups is 1. The predicted octanol–water partition coefficient (Wildman–Crippen LogP) is 1.44. The Balaban J connectivity index is 1.48. The standard InChI is InChI=1S/C14H21N3O2/c18-14(13-11-2-1-3-12(11)16-17-13)15-7-4-10-5-8-19-9-6-10/h10H,1-9H2,(H,15,18)(H,16,17). The third kappa shape index (κ3) is 2.81. The summed E-state index contributed by atoms with van der Waals surface area (Å²) in [5, 5.41) is 10.1. The van der Waals surface area contributed by atoms with Crippen LogP contribution in [0, 0.1) is 5.92 Å². The van der Waals surface area contributed by atoms with Gasteiger partial charge in [0.15, 0.2) is 5.69 Å². The molecule has 0 spiro atoms. The molecule has 104 valence electrons. The first kappa shape index (κ1) is 12.7. The van der Waals surface area contributed by atoms with Crippen molar-refractivity contribution in [2.24, 2.45) is 5.92 Å². The zero-order valence-electron chi connectivity index (χ0n) is 11.2. The highest BCUT2D eigenvalue weighted by atomic mass is 16.5. The molecule has 1 aliphatic heterocycles. The predicted molar refractivity (Wildman–Crippen MR) is 71.1 cm³/mol. The minimum absolute atomic E-state index is 0.0218. The number of ether oxygens (including phenoxy) is 1. The van der Waals surface area contributed by atoms with Crippen molar-refractivity contribution in [3.8, 4) is 0 Å². The van der Waals surface area contributed by atoms with E-state index >= 15 is 0 Å². The first-order valence-electron chi connectivity index (χ1n) is 7.26. The number of amides is 1. The Morgan fingerprint density at radius 1 is 1.37 bits per heavy atom. The Morgan fingerprint density at radius 2 is 2.21 bits per heavy atom. The largest absolute Gasteiger partial charge is 0.381 e. The topological polar surface area (TPSA) is 67.0 Å². The Kier molecular flexibility index (Phi) is 3.82. The van der Waals surface area contributed by atoms with E-state index in [4.69, 9.17) is 4.74 Å². The summed E-state index contributed by atoms with van der Waals surface area (Å²) in [5.41, 5.74) is 2.89. The van der Waals surface area contributed by atoms with Crippen molar-refractivity contribution in [1.29, 1.82) is 0 Å². The van der Waals surface area contributed by atoms with E-state index in [-0.39, 0.29) is 5.91 Å². The van der Waals surface area contributed by atoms with E-state index < -0.39 is 0 Å². The highest BCUT2D eigenvalue weighted by Crippen LogP contribution is 2.22. The summed E-state index contributed by atoms with van der Waals surface area (Å²) in [6, 6.07) is 0. The second kappa shape index (κ2) is 5.74. The van der Waals surface area contributed by atoms with Crippen LogP contribution in [0.25, 0.3) is 0 Å². The quantitative estimate of drug-likeness (QED) is 0.864. The summed E-state index contributed by atoms with van der Waals surface area (Å²) >= 11 is 0. The van der Waals surface area contributed by atoms with E-state index in [1.165, 1.54) is 0 Å². The smallest absolute Gasteiger partial charge is 0.272 e. The monoisotopic (exact) mass is 263 g/mol. The number of H-pyrrole nitrogens is 1. The molecule has 3 rings (SSSR count). The first-order valence-corrected chi connectivity index (χ1v) is 7.26. The van der Waals surface area contributed by atoms with Crippen LogP contribution in [0.1, 0.15) is 47.4 Å². The maximum atomic E-state index is 12.1. The van der Waals surface area contributed by atoms with Crippen molar-refractivity contribution in [1.82, 2.24) is 15.5 Å². The van der Waals surface area contributed by atoms with E-state index in [0.717, 1.165) is 69.5 Å². The van der Waals surface area contributed by atoms with Crippen molar-refractivity contribution in [3.63, 3.8) is 0 Å². The summed E-state index contributed by atoms with van der Waals surface area (Å²) in [7, 11) is 0. The number of nitrogens with zero attached hydrogens (tertiary/aromatic N) is 1. The number of nitrogens with one attached hydrogen (secondary N) is 2. The van der Waals surface area contributed by atoms with Gasteiger partial charge in [0.2, 0.25) is 0 Å². The molecule has 0 saturated carbocycles. The molecule has 5 nitrogen and oxygen atoms in total. The number of carbonyl (C=O) groups excluding carboxylic acids is 1. The number of aromatic amines is 1. The maximum Gasteiger partial charge on any atom is 0.272 e. The fourth-order valence-corrected chi connectivity index (χ4v) is 3.02. The van der Waals surface area contributed by atoms with Gasteiger partial charge in [0.05, 0.1) is 0 Å². The molecule has 0 unspecified atom stereocenters. The van der Waals surface area contributed by atoms with Gasteiger partial charge in [-0.05, 0) is 44.4 Å². The van der Waals surface area contributed by atoms with E-state index in [2.05, 4.69) is 15.5 Å². The minimum atomic E-state index is -0.0218. The molecule has 2 N–H and O–H groups in total. The summed E-state index contributed by atoms with van der Waals surface area (Å²) < 4.78 is 5.33. The van der Waals surface area contributed by atoms with Gasteiger partial charge in [-0.2, -0.15) is 5.10 Å². The van der Waals surface area contributed by atoms with Gasteiger partial charge in [-0.15, -0.1) is 0 Å². The summed E-state index contributed by atoms with van der Waals surface area (Å²) in [4.78, 5) is 12.1. The number of hydrogen-bond donors (Lipinski definition) is 2. The molecular weight excluding hydrogens is 242 g/mol. The molecule has 0 aromatic carbocycles. The van der Waals surface area contributed by atoms with Gasteiger partial charge in [-0.25, -0.2) is 0 Å². The first-order chi connectivity index (χ1) is 9.34. The van der Waals surface area contributed by atoms with Gasteiger partial charge in [-0.3, -0.25) is 9.89 Å². The van der Waals surface area contributed by atoms with Crippen molar-refractivity contribution < 1.29 is 9.53 Å². The van der Waals surface area contributed by atoms with Gasteiger partial charge >= 0.3 is 0 Å². The lowest BCUT2D eigenvalue weighted by Crippen LogP contribution is -2.28. The average molecular weight is 263 g/mol. The van der Waals surface area contributed by atoms with Gasteiger partial charge < -0.3 is 10.1 Å². The maximum absolute atomic E-state index is 12.1. The minimum Gasteiger partial charge on any atom is -0.381 e. The van der Waals surface area contributed by atoms with Crippen LogP contribution >= 0.6 is 0 Å². The van der Waals surface area contributed by atoms with Crippen LogP contribution in [-0.4, -0.2) is 35.9 Å². The molecule has 1 fully saturated rings. The molecule has 1 saturated heterocycles. The molecule has 19 heavy (non-hydrogen) atoms. The molecule has 0 atom stereocenters. The number of aryl methyl sites for hydroxylation is 1. The lowest BCUT2D eigenvalue weighted by Gasteiger charge is -2.21. The highest BCUT2D eigenvalue weighted by molar-refractivity contribution is 5.94. The third-order valence-electron chi connectivity index (χ3n) is 4.20. The number of aromatic nitrogens is 2. The number of fused-ring (bicyclic) bond motifs is 1. The van der Waals surface area contributed by atoms with Crippen LogP contribution < -0.4 is 5.32 Å². The summed E-state index contributed by atoms with van der Waals surface area (Å²) in [6.07, 6.45) is 6.42. The van der Waals surface area contributed by atoms with Crippen LogP contribution in [0.4, 0.5) is 0 Å². The fraction of sp³-hybridized carbons (Fsp3) is 0.714. The molecule has 2 aliphatic rings. The van der Waals surface area contributed by atoms with Gasteiger partial charge in [0.25, 0.3) is 5.91 Å². The number of hydrogen-bond acceptors (Lipinski definition) is 3. The lowest BCUT2D eigenvalue weighted by atomic mass is 9.97. The van der Waals surface area contributed by atoms with Gasteiger partial charge in [0, 0.05) is 31.0 Å². The second-order valence-electron chi connectivity index (χ2n) is 5.48. The van der Waals surface area contributed by atoms with Crippen LogP contribution in [0.15, 0.2) is 0 Å². The third-order valence-corrected chi connectivity index (χ3v) is 4.20. The second-order valence-corrected chi connectivity index (χ2v) is 5.48. The Hall–Kier alpha value is -1.36. The van der Waals surface area contributed by atoms with Gasteiger partial charge in [0.1, 0.15) is 0 Å².